The number of azo groups is 1. The van der Waals surface area contributed by atoms with E-state index in [-0.39, 0.29) is 0 Å². The van der Waals surface area contributed by atoms with E-state index in [2.05, 4.69) is 10.2 Å². The summed E-state index contributed by atoms with van der Waals surface area (Å²) >= 11 is 0. The second-order valence-corrected chi connectivity index (χ2v) is 4.39. The molecule has 0 aromatic heterocycles. The predicted molar refractivity (Wildman–Crippen MR) is 70.8 cm³/mol. The number of aromatic carboxylic acids is 2. The van der Waals surface area contributed by atoms with Crippen LogP contribution in [0, 0.1) is 23.3 Å². The number of hydrogen-bond donors (Lipinski definition) is 2. The van der Waals surface area contributed by atoms with Crippen molar-refractivity contribution in [1.29, 1.82) is 0 Å². The molecule has 2 rings (SSSR count). The molecular weight excluding hydrogens is 336 g/mol. The van der Waals surface area contributed by atoms with E-state index in [1.807, 2.05) is 0 Å². The van der Waals surface area contributed by atoms with Crippen LogP contribution in [0.3, 0.4) is 0 Å². The lowest BCUT2D eigenvalue weighted by Crippen LogP contribution is -1.99. The van der Waals surface area contributed by atoms with Gasteiger partial charge in [-0.15, -0.1) is 10.2 Å². The van der Waals surface area contributed by atoms with Crippen molar-refractivity contribution in [1.82, 2.24) is 0 Å². The smallest absolute Gasteiger partial charge is 0.335 e. The first-order valence-corrected chi connectivity index (χ1v) is 6.07. The molecule has 0 bridgehead atoms. The minimum absolute atomic E-state index is 0.458. The first kappa shape index (κ1) is 17.1. The maximum absolute atomic E-state index is 13.6. The lowest BCUT2D eigenvalue weighted by atomic mass is 10.2. The molecule has 0 aliphatic heterocycles. The zero-order chi connectivity index (χ0) is 18.0. The number of carboxylic acid groups (broad SMARTS) is 2. The Bertz CT molecular complexity index is 766. The highest BCUT2D eigenvalue weighted by Gasteiger charge is 2.17. The highest BCUT2D eigenvalue weighted by molar-refractivity contribution is 5.88. The van der Waals surface area contributed by atoms with Crippen molar-refractivity contribution in [2.75, 3.05) is 0 Å². The van der Waals surface area contributed by atoms with E-state index in [4.69, 9.17) is 10.2 Å². The Hall–Kier alpha value is -3.30. The van der Waals surface area contributed by atoms with Crippen LogP contribution in [0.1, 0.15) is 20.7 Å². The van der Waals surface area contributed by atoms with Crippen molar-refractivity contribution < 1.29 is 37.4 Å². The van der Waals surface area contributed by atoms with Crippen LogP contribution in [0.2, 0.25) is 0 Å². The summed E-state index contributed by atoms with van der Waals surface area (Å²) in [5, 5.41) is 23.3. The summed E-state index contributed by atoms with van der Waals surface area (Å²) < 4.78 is 54.5. The normalized spacial score (nSPS) is 11.0. The Morgan fingerprint density at radius 3 is 1.12 bits per heavy atom. The molecule has 0 unspecified atom stereocenters. The molecule has 0 heterocycles. The number of nitrogens with zero attached hydrogens (tertiary/aromatic N) is 2. The van der Waals surface area contributed by atoms with E-state index in [1.165, 1.54) is 0 Å². The summed E-state index contributed by atoms with van der Waals surface area (Å²) in [6.07, 6.45) is 0. The van der Waals surface area contributed by atoms with E-state index in [1.54, 1.807) is 0 Å². The summed E-state index contributed by atoms with van der Waals surface area (Å²) in [6, 6.07) is 1.83. The van der Waals surface area contributed by atoms with Crippen LogP contribution in [-0.2, 0) is 0 Å². The van der Waals surface area contributed by atoms with Crippen molar-refractivity contribution >= 4 is 23.3 Å². The van der Waals surface area contributed by atoms with E-state index < -0.39 is 57.7 Å². The SMILES string of the molecule is O=C(O)c1cc(F)c(/N=N/c2c(F)cc(C(=O)O)cc2F)c(F)c1. The van der Waals surface area contributed by atoms with Crippen LogP contribution in [0.4, 0.5) is 28.9 Å². The van der Waals surface area contributed by atoms with E-state index in [0.717, 1.165) is 0 Å². The van der Waals surface area contributed by atoms with Crippen LogP contribution in [0.25, 0.3) is 0 Å². The van der Waals surface area contributed by atoms with Gasteiger partial charge in [0.05, 0.1) is 11.1 Å². The van der Waals surface area contributed by atoms with E-state index in [0.29, 0.717) is 24.3 Å². The molecule has 0 saturated carbocycles. The monoisotopic (exact) mass is 342 g/mol. The second-order valence-electron chi connectivity index (χ2n) is 4.39. The van der Waals surface area contributed by atoms with Crippen molar-refractivity contribution in [3.8, 4) is 0 Å². The third-order valence-corrected chi connectivity index (χ3v) is 2.78. The Labute approximate surface area is 130 Å². The Morgan fingerprint density at radius 1 is 0.667 bits per heavy atom. The summed E-state index contributed by atoms with van der Waals surface area (Å²) in [4.78, 5) is 21.3. The molecule has 0 saturated heterocycles. The minimum Gasteiger partial charge on any atom is -0.478 e. The van der Waals surface area contributed by atoms with Crippen LogP contribution in [0.5, 0.6) is 0 Å². The lowest BCUT2D eigenvalue weighted by molar-refractivity contribution is 0.0685. The number of carboxylic acids is 2. The van der Waals surface area contributed by atoms with Gasteiger partial charge in [-0.2, -0.15) is 0 Å². The minimum atomic E-state index is -1.59. The fourth-order valence-electron chi connectivity index (χ4n) is 1.67. The number of benzene rings is 2. The van der Waals surface area contributed by atoms with Crippen LogP contribution in [-0.4, -0.2) is 22.2 Å². The average Bonchev–Trinajstić information content (AvgIpc) is 2.47. The third-order valence-electron chi connectivity index (χ3n) is 2.78. The molecule has 124 valence electrons. The molecule has 0 atom stereocenters. The maximum atomic E-state index is 13.6. The zero-order valence-electron chi connectivity index (χ0n) is 11.4. The zero-order valence-corrected chi connectivity index (χ0v) is 11.4. The van der Waals surface area contributed by atoms with Gasteiger partial charge >= 0.3 is 11.9 Å². The number of carbonyl (C=O) groups is 2. The van der Waals surface area contributed by atoms with Gasteiger partial charge in [-0.3, -0.25) is 0 Å². The molecule has 24 heavy (non-hydrogen) atoms. The third kappa shape index (κ3) is 3.37. The predicted octanol–water partition coefficient (Wildman–Crippen LogP) is 4.05. The molecule has 2 N–H and O–H groups in total. The van der Waals surface area contributed by atoms with Crippen molar-refractivity contribution in [2.24, 2.45) is 10.2 Å². The first-order valence-electron chi connectivity index (χ1n) is 6.07. The Balaban J connectivity index is 2.46. The number of hydrogen-bond acceptors (Lipinski definition) is 4. The molecule has 0 spiro atoms. The molecule has 0 aliphatic rings. The van der Waals surface area contributed by atoms with Crippen LogP contribution in [0.15, 0.2) is 34.5 Å². The molecule has 2 aromatic carbocycles. The van der Waals surface area contributed by atoms with Gasteiger partial charge in [0.15, 0.2) is 34.6 Å². The van der Waals surface area contributed by atoms with Gasteiger partial charge < -0.3 is 10.2 Å². The van der Waals surface area contributed by atoms with Gasteiger partial charge in [-0.05, 0) is 24.3 Å². The summed E-state index contributed by atoms with van der Waals surface area (Å²) in [7, 11) is 0. The average molecular weight is 342 g/mol. The van der Waals surface area contributed by atoms with Crippen LogP contribution < -0.4 is 0 Å². The molecule has 10 heteroatoms. The highest BCUT2D eigenvalue weighted by atomic mass is 19.1. The maximum Gasteiger partial charge on any atom is 0.335 e. The number of halogens is 4. The van der Waals surface area contributed by atoms with Crippen molar-refractivity contribution in [2.45, 2.75) is 0 Å². The quantitative estimate of drug-likeness (QED) is 0.646. The van der Waals surface area contributed by atoms with Gasteiger partial charge in [0.2, 0.25) is 0 Å². The summed E-state index contributed by atoms with van der Waals surface area (Å²) in [5.74, 6) is -8.79. The summed E-state index contributed by atoms with van der Waals surface area (Å²) in [5.41, 5.74) is -3.48. The molecule has 0 aliphatic carbocycles. The van der Waals surface area contributed by atoms with Crippen LogP contribution >= 0.6 is 0 Å². The second kappa shape index (κ2) is 6.44. The van der Waals surface area contributed by atoms with Crippen molar-refractivity contribution in [3.05, 3.63) is 58.7 Å². The van der Waals surface area contributed by atoms with Gasteiger partial charge in [0.25, 0.3) is 0 Å². The number of rotatable bonds is 4. The topological polar surface area (TPSA) is 99.3 Å². The molecule has 0 fully saturated rings. The first-order chi connectivity index (χ1) is 11.2. The lowest BCUT2D eigenvalue weighted by Gasteiger charge is -2.02. The van der Waals surface area contributed by atoms with Gasteiger partial charge in [0.1, 0.15) is 0 Å². The van der Waals surface area contributed by atoms with E-state index >= 15 is 0 Å². The van der Waals surface area contributed by atoms with Crippen molar-refractivity contribution in [3.63, 3.8) is 0 Å². The van der Waals surface area contributed by atoms with Gasteiger partial charge in [0, 0.05) is 0 Å². The molecule has 0 amide bonds. The molecule has 0 radical (unpaired) electrons. The highest BCUT2D eigenvalue weighted by Crippen LogP contribution is 2.29. The van der Waals surface area contributed by atoms with Gasteiger partial charge in [-0.25, -0.2) is 27.2 Å². The largest absolute Gasteiger partial charge is 0.478 e. The van der Waals surface area contributed by atoms with Gasteiger partial charge in [-0.1, -0.05) is 0 Å². The Morgan fingerprint density at radius 2 is 0.917 bits per heavy atom. The summed E-state index contributed by atoms with van der Waals surface area (Å²) in [6.45, 7) is 0. The Kier molecular flexibility index (Phi) is 4.58. The molecular formula is C14H6F4N2O4. The molecule has 2 aromatic rings. The fraction of sp³-hybridized carbons (Fsp3) is 0. The fourth-order valence-corrected chi connectivity index (χ4v) is 1.67. The standard InChI is InChI=1S/C14H6F4N2O4/c15-7-1-5(13(21)22)2-8(16)11(7)19-20-12-9(17)3-6(14(23)24)4-10(12)18/h1-4H,(H,21,22)(H,23,24)/b20-19+. The molecule has 6 nitrogen and oxygen atoms in total. The van der Waals surface area contributed by atoms with E-state index in [9.17, 15) is 27.2 Å².